The maximum Gasteiger partial charge on any atom is 0.292 e. The Morgan fingerprint density at radius 2 is 1.52 bits per heavy atom. The minimum absolute atomic E-state index is 0.0262. The van der Waals surface area contributed by atoms with E-state index in [0.29, 0.717) is 16.9 Å². The number of aryl methyl sites for hydroxylation is 1. The minimum atomic E-state index is -0.496. The molecule has 0 amide bonds. The summed E-state index contributed by atoms with van der Waals surface area (Å²) >= 11 is 0. The van der Waals surface area contributed by atoms with Crippen molar-refractivity contribution in [2.45, 2.75) is 13.8 Å². The predicted octanol–water partition coefficient (Wildman–Crippen LogP) is 3.86. The molecule has 0 fully saturated rings. The fraction of sp³-hybridized carbons (Fsp3) is 0.143. The minimum Gasteiger partial charge on any atom is -0.349 e. The lowest BCUT2D eigenvalue weighted by Gasteiger charge is -2.13. The summed E-state index contributed by atoms with van der Waals surface area (Å²) in [6, 6.07) is 9.21. The number of nitrogens with one attached hydrogen (secondary N) is 1. The van der Waals surface area contributed by atoms with Crippen LogP contribution in [0.25, 0.3) is 0 Å². The molecule has 0 unspecified atom stereocenters. The highest BCUT2D eigenvalue weighted by Crippen LogP contribution is 2.34. The van der Waals surface area contributed by atoms with Gasteiger partial charge < -0.3 is 5.32 Å². The highest BCUT2D eigenvalue weighted by atomic mass is 16.6. The van der Waals surface area contributed by atoms with Crippen molar-refractivity contribution >= 4 is 22.7 Å². The Labute approximate surface area is 120 Å². The number of nitrogens with zero attached hydrogens (tertiary/aromatic N) is 2. The van der Waals surface area contributed by atoms with Gasteiger partial charge in [-0.1, -0.05) is 18.2 Å². The van der Waals surface area contributed by atoms with Crippen molar-refractivity contribution in [1.29, 1.82) is 0 Å². The van der Waals surface area contributed by atoms with Gasteiger partial charge in [0, 0.05) is 12.1 Å². The highest BCUT2D eigenvalue weighted by Gasteiger charge is 2.19. The smallest absolute Gasteiger partial charge is 0.292 e. The van der Waals surface area contributed by atoms with Crippen LogP contribution in [0, 0.1) is 34.1 Å². The van der Waals surface area contributed by atoms with E-state index in [-0.39, 0.29) is 11.4 Å². The van der Waals surface area contributed by atoms with Crippen LogP contribution < -0.4 is 5.32 Å². The molecule has 0 atom stereocenters. The lowest BCUT2D eigenvalue weighted by Crippen LogP contribution is -2.02. The molecule has 0 aliphatic rings. The van der Waals surface area contributed by atoms with E-state index in [4.69, 9.17) is 0 Å². The van der Waals surface area contributed by atoms with Crippen molar-refractivity contribution in [2.75, 3.05) is 5.32 Å². The number of benzene rings is 2. The van der Waals surface area contributed by atoms with Crippen molar-refractivity contribution < 1.29 is 9.85 Å². The Morgan fingerprint density at radius 3 is 2.14 bits per heavy atom. The number of nitro groups is 2. The molecule has 0 aromatic heterocycles. The Balaban J connectivity index is 2.52. The molecule has 2 aromatic carbocycles. The topological polar surface area (TPSA) is 98.3 Å². The molecule has 0 saturated heterocycles. The second-order valence-electron chi connectivity index (χ2n) is 4.56. The molecule has 0 spiro atoms. The number of anilines is 2. The molecule has 1 N–H and O–H groups in total. The number of rotatable bonds is 4. The second kappa shape index (κ2) is 5.58. The average Bonchev–Trinajstić information content (AvgIpc) is 2.43. The van der Waals surface area contributed by atoms with Crippen LogP contribution in [0.5, 0.6) is 0 Å². The molecule has 7 nitrogen and oxygen atoms in total. The Bertz CT molecular complexity index is 728. The van der Waals surface area contributed by atoms with E-state index in [9.17, 15) is 20.2 Å². The van der Waals surface area contributed by atoms with E-state index < -0.39 is 9.85 Å². The van der Waals surface area contributed by atoms with Crippen LogP contribution in [-0.2, 0) is 0 Å². The van der Waals surface area contributed by atoms with Crippen molar-refractivity contribution in [3.8, 4) is 0 Å². The first-order valence-corrected chi connectivity index (χ1v) is 6.17. The molecule has 0 heterocycles. The zero-order chi connectivity index (χ0) is 15.6. The van der Waals surface area contributed by atoms with Gasteiger partial charge in [0.1, 0.15) is 5.69 Å². The van der Waals surface area contributed by atoms with Crippen molar-refractivity contribution in [3.63, 3.8) is 0 Å². The van der Waals surface area contributed by atoms with E-state index in [1.165, 1.54) is 12.1 Å². The summed E-state index contributed by atoms with van der Waals surface area (Å²) in [5.74, 6) is 0. The van der Waals surface area contributed by atoms with Gasteiger partial charge in [-0.25, -0.2) is 0 Å². The number of nitro benzene ring substituents is 2. The molecule has 0 aliphatic carbocycles. The van der Waals surface area contributed by atoms with E-state index >= 15 is 0 Å². The van der Waals surface area contributed by atoms with Crippen LogP contribution in [-0.4, -0.2) is 9.85 Å². The van der Waals surface area contributed by atoms with E-state index in [0.717, 1.165) is 5.56 Å². The van der Waals surface area contributed by atoms with Gasteiger partial charge in [0.25, 0.3) is 11.4 Å². The third kappa shape index (κ3) is 2.81. The summed E-state index contributed by atoms with van der Waals surface area (Å²) in [5, 5.41) is 24.9. The van der Waals surface area contributed by atoms with Gasteiger partial charge in [-0.3, -0.25) is 20.2 Å². The summed E-state index contributed by atoms with van der Waals surface area (Å²) in [4.78, 5) is 21.0. The molecule has 0 radical (unpaired) electrons. The van der Waals surface area contributed by atoms with Crippen molar-refractivity contribution in [1.82, 2.24) is 0 Å². The van der Waals surface area contributed by atoms with Crippen LogP contribution in [0.15, 0.2) is 36.4 Å². The van der Waals surface area contributed by atoms with Gasteiger partial charge in [-0.15, -0.1) is 0 Å². The van der Waals surface area contributed by atoms with Gasteiger partial charge in [0.2, 0.25) is 0 Å². The van der Waals surface area contributed by atoms with Crippen LogP contribution in [0.4, 0.5) is 22.7 Å². The quantitative estimate of drug-likeness (QED) is 0.680. The highest BCUT2D eigenvalue weighted by molar-refractivity contribution is 5.75. The van der Waals surface area contributed by atoms with Gasteiger partial charge >= 0.3 is 0 Å². The zero-order valence-electron chi connectivity index (χ0n) is 11.5. The lowest BCUT2D eigenvalue weighted by molar-refractivity contribution is -0.385. The largest absolute Gasteiger partial charge is 0.349 e. The average molecular weight is 287 g/mol. The summed E-state index contributed by atoms with van der Waals surface area (Å²) in [6.45, 7) is 3.40. The van der Waals surface area contributed by atoms with Crippen molar-refractivity contribution in [2.24, 2.45) is 0 Å². The molecule has 108 valence electrons. The molecular weight excluding hydrogens is 274 g/mol. The van der Waals surface area contributed by atoms with Gasteiger partial charge in [-0.05, 0) is 25.5 Å². The Morgan fingerprint density at radius 1 is 0.905 bits per heavy atom. The fourth-order valence-electron chi connectivity index (χ4n) is 2.10. The third-order valence-corrected chi connectivity index (χ3v) is 3.20. The Kier molecular flexibility index (Phi) is 3.84. The molecule has 0 saturated carbocycles. The van der Waals surface area contributed by atoms with E-state index in [1.54, 1.807) is 38.1 Å². The summed E-state index contributed by atoms with van der Waals surface area (Å²) < 4.78 is 0. The Hall–Kier alpha value is -2.96. The van der Waals surface area contributed by atoms with Gasteiger partial charge in [0.15, 0.2) is 0 Å². The number of para-hydroxylation sites is 2. The summed E-state index contributed by atoms with van der Waals surface area (Å²) in [7, 11) is 0. The molecule has 2 rings (SSSR count). The number of hydrogen-bond acceptors (Lipinski definition) is 5. The molecule has 7 heteroatoms. The van der Waals surface area contributed by atoms with Crippen LogP contribution in [0.3, 0.4) is 0 Å². The fourth-order valence-corrected chi connectivity index (χ4v) is 2.10. The lowest BCUT2D eigenvalue weighted by atomic mass is 10.1. The van der Waals surface area contributed by atoms with E-state index in [2.05, 4.69) is 5.32 Å². The molecule has 0 aliphatic heterocycles. The van der Waals surface area contributed by atoms with Gasteiger partial charge in [-0.2, -0.15) is 0 Å². The predicted molar refractivity (Wildman–Crippen MR) is 78.9 cm³/mol. The normalized spacial score (nSPS) is 10.2. The standard InChI is InChI=1S/C14H13N3O4/c1-9-7-8-12(16(18)19)10(2)14(9)15-11-5-3-4-6-13(11)17(20)21/h3-8,15H,1-2H3. The maximum absolute atomic E-state index is 11.0. The first-order valence-electron chi connectivity index (χ1n) is 6.17. The third-order valence-electron chi connectivity index (χ3n) is 3.20. The first-order chi connectivity index (χ1) is 9.91. The van der Waals surface area contributed by atoms with Crippen molar-refractivity contribution in [3.05, 3.63) is 67.8 Å². The first kappa shape index (κ1) is 14.4. The van der Waals surface area contributed by atoms with Crippen LogP contribution in [0.2, 0.25) is 0 Å². The number of hydrogen-bond donors (Lipinski definition) is 1. The molecule has 0 bridgehead atoms. The van der Waals surface area contributed by atoms with Gasteiger partial charge in [0.05, 0.1) is 21.1 Å². The molecule has 2 aromatic rings. The zero-order valence-corrected chi connectivity index (χ0v) is 11.5. The SMILES string of the molecule is Cc1ccc([N+](=O)[O-])c(C)c1Nc1ccccc1[N+](=O)[O-]. The van der Waals surface area contributed by atoms with Crippen LogP contribution >= 0.6 is 0 Å². The van der Waals surface area contributed by atoms with Crippen LogP contribution in [0.1, 0.15) is 11.1 Å². The van der Waals surface area contributed by atoms with E-state index in [1.807, 2.05) is 0 Å². The molecule has 21 heavy (non-hydrogen) atoms. The summed E-state index contributed by atoms with van der Waals surface area (Å²) in [5.41, 5.74) is 1.92. The maximum atomic E-state index is 11.0. The second-order valence-corrected chi connectivity index (χ2v) is 4.56. The monoisotopic (exact) mass is 287 g/mol. The molecular formula is C14H13N3O4. The summed E-state index contributed by atoms with van der Waals surface area (Å²) in [6.07, 6.45) is 0.